The molecule has 0 radical (unpaired) electrons. The second kappa shape index (κ2) is 9.56. The summed E-state index contributed by atoms with van der Waals surface area (Å²) in [5.41, 5.74) is 0.571. The first kappa shape index (κ1) is 24.5. The zero-order chi connectivity index (χ0) is 23.1. The summed E-state index contributed by atoms with van der Waals surface area (Å²) in [6.07, 6.45) is 11.9. The molecule has 4 aliphatic carbocycles. The van der Waals surface area contributed by atoms with Crippen LogP contribution in [-0.2, 0) is 9.53 Å². The average Bonchev–Trinajstić information content (AvgIpc) is 3.11. The summed E-state index contributed by atoms with van der Waals surface area (Å²) in [6, 6.07) is 0. The van der Waals surface area contributed by atoms with Crippen molar-refractivity contribution in [3.8, 4) is 0 Å². The third kappa shape index (κ3) is 4.28. The summed E-state index contributed by atoms with van der Waals surface area (Å²) in [4.78, 5) is 12.1. The predicted octanol–water partition coefficient (Wildman–Crippen LogP) is 5.74. The molecule has 0 bridgehead atoms. The molecule has 4 rings (SSSR count). The summed E-state index contributed by atoms with van der Waals surface area (Å²) in [5.74, 6) is 3.23. The second-order valence-corrected chi connectivity index (χ2v) is 12.5. The summed E-state index contributed by atoms with van der Waals surface area (Å²) in [5, 5.41) is 21.6. The molecular formula is C28H48O4. The molecule has 4 saturated carbocycles. The fourth-order valence-electron chi connectivity index (χ4n) is 9.12. The summed E-state index contributed by atoms with van der Waals surface area (Å²) in [7, 11) is 0. The van der Waals surface area contributed by atoms with Crippen LogP contribution >= 0.6 is 0 Å². The molecule has 4 unspecified atom stereocenters. The van der Waals surface area contributed by atoms with Crippen LogP contribution in [0.25, 0.3) is 0 Å². The molecule has 32 heavy (non-hydrogen) atoms. The Kier molecular flexibility index (Phi) is 7.33. The van der Waals surface area contributed by atoms with E-state index in [0.717, 1.165) is 44.9 Å². The molecule has 4 heteroatoms. The Hall–Kier alpha value is -0.610. The molecule has 0 heterocycles. The van der Waals surface area contributed by atoms with Gasteiger partial charge in [0.15, 0.2) is 0 Å². The van der Waals surface area contributed by atoms with Gasteiger partial charge in [0.25, 0.3) is 0 Å². The van der Waals surface area contributed by atoms with Crippen molar-refractivity contribution in [1.82, 2.24) is 0 Å². The number of hydrogen-bond acceptors (Lipinski definition) is 4. The molecule has 0 aromatic carbocycles. The summed E-state index contributed by atoms with van der Waals surface area (Å²) in [6.45, 7) is 10.0. The zero-order valence-corrected chi connectivity index (χ0v) is 21.0. The standard InChI is InChI=1S/C28H48O4/c1-5-6-15-32-25(31)10-7-18(2)21-8-9-22-26-23(12-14-28(21,22)4)27(3)13-11-20(29)16-19(27)17-24(26)30/h18-24,26,29-30H,5-17H2,1-4H3/t18-,19+,20-,21?,22?,23?,24+,26?,27+,28-/m1/s1. The number of aliphatic hydroxyl groups is 2. The minimum Gasteiger partial charge on any atom is -0.466 e. The van der Waals surface area contributed by atoms with Crippen molar-refractivity contribution in [3.05, 3.63) is 0 Å². The van der Waals surface area contributed by atoms with Gasteiger partial charge in [-0.1, -0.05) is 34.1 Å². The highest BCUT2D eigenvalue weighted by Crippen LogP contribution is 2.68. The Morgan fingerprint density at radius 1 is 1.03 bits per heavy atom. The fourth-order valence-corrected chi connectivity index (χ4v) is 9.12. The smallest absolute Gasteiger partial charge is 0.305 e. The van der Waals surface area contributed by atoms with Gasteiger partial charge in [-0.15, -0.1) is 0 Å². The lowest BCUT2D eigenvalue weighted by Gasteiger charge is -2.62. The molecule has 0 saturated heterocycles. The number of unbranched alkanes of at least 4 members (excludes halogenated alkanes) is 1. The Morgan fingerprint density at radius 2 is 1.75 bits per heavy atom. The van der Waals surface area contributed by atoms with Gasteiger partial charge in [0, 0.05) is 6.42 Å². The van der Waals surface area contributed by atoms with Crippen molar-refractivity contribution in [2.45, 2.75) is 117 Å². The predicted molar refractivity (Wildman–Crippen MR) is 127 cm³/mol. The van der Waals surface area contributed by atoms with Crippen molar-refractivity contribution >= 4 is 5.97 Å². The van der Waals surface area contributed by atoms with E-state index in [0.29, 0.717) is 48.5 Å². The van der Waals surface area contributed by atoms with Gasteiger partial charge in [0.2, 0.25) is 0 Å². The van der Waals surface area contributed by atoms with Crippen LogP contribution in [0.2, 0.25) is 0 Å². The molecule has 0 amide bonds. The number of aliphatic hydroxyl groups excluding tert-OH is 2. The van der Waals surface area contributed by atoms with Gasteiger partial charge >= 0.3 is 5.97 Å². The number of rotatable bonds is 7. The Labute approximate surface area is 195 Å². The number of carbonyl (C=O) groups is 1. The summed E-state index contributed by atoms with van der Waals surface area (Å²) >= 11 is 0. The van der Waals surface area contributed by atoms with Gasteiger partial charge in [0.1, 0.15) is 0 Å². The van der Waals surface area contributed by atoms with Crippen LogP contribution in [0.4, 0.5) is 0 Å². The minimum absolute atomic E-state index is 0.0325. The molecule has 2 N–H and O–H groups in total. The van der Waals surface area contributed by atoms with E-state index >= 15 is 0 Å². The van der Waals surface area contributed by atoms with E-state index in [-0.39, 0.29) is 29.0 Å². The van der Waals surface area contributed by atoms with E-state index in [2.05, 4.69) is 27.7 Å². The van der Waals surface area contributed by atoms with E-state index < -0.39 is 0 Å². The van der Waals surface area contributed by atoms with Crippen LogP contribution in [0.1, 0.15) is 105 Å². The maximum atomic E-state index is 12.1. The van der Waals surface area contributed by atoms with Crippen molar-refractivity contribution in [3.63, 3.8) is 0 Å². The second-order valence-electron chi connectivity index (χ2n) is 12.5. The van der Waals surface area contributed by atoms with Gasteiger partial charge in [0.05, 0.1) is 18.8 Å². The highest BCUT2D eigenvalue weighted by molar-refractivity contribution is 5.69. The van der Waals surface area contributed by atoms with Crippen molar-refractivity contribution in [2.24, 2.45) is 46.3 Å². The maximum Gasteiger partial charge on any atom is 0.305 e. The third-order valence-electron chi connectivity index (χ3n) is 11.0. The van der Waals surface area contributed by atoms with Crippen LogP contribution in [0.3, 0.4) is 0 Å². The molecule has 0 aromatic heterocycles. The van der Waals surface area contributed by atoms with E-state index in [9.17, 15) is 15.0 Å². The lowest BCUT2D eigenvalue weighted by molar-refractivity contribution is -0.174. The van der Waals surface area contributed by atoms with E-state index in [1.54, 1.807) is 0 Å². The fraction of sp³-hybridized carbons (Fsp3) is 0.964. The number of esters is 1. The Bertz CT molecular complexity index is 664. The first-order valence-corrected chi connectivity index (χ1v) is 13.7. The quantitative estimate of drug-likeness (QED) is 0.385. The Balaban J connectivity index is 1.42. The molecule has 10 atom stereocenters. The van der Waals surface area contributed by atoms with Crippen molar-refractivity contribution in [1.29, 1.82) is 0 Å². The van der Waals surface area contributed by atoms with Crippen molar-refractivity contribution in [2.75, 3.05) is 6.61 Å². The largest absolute Gasteiger partial charge is 0.466 e. The number of fused-ring (bicyclic) bond motifs is 5. The highest BCUT2D eigenvalue weighted by atomic mass is 16.5. The molecule has 4 fully saturated rings. The third-order valence-corrected chi connectivity index (χ3v) is 11.0. The van der Waals surface area contributed by atoms with E-state index in [1.807, 2.05) is 0 Å². The van der Waals surface area contributed by atoms with Crippen LogP contribution in [-0.4, -0.2) is 35.0 Å². The molecule has 4 nitrogen and oxygen atoms in total. The molecule has 184 valence electrons. The van der Waals surface area contributed by atoms with E-state index in [1.165, 1.54) is 25.7 Å². The van der Waals surface area contributed by atoms with Crippen LogP contribution < -0.4 is 0 Å². The number of carbonyl (C=O) groups excluding carboxylic acids is 1. The van der Waals surface area contributed by atoms with Crippen LogP contribution in [0, 0.1) is 46.3 Å². The molecule has 0 aliphatic heterocycles. The lowest BCUT2D eigenvalue weighted by Crippen LogP contribution is -2.58. The normalized spacial score (nSPS) is 46.6. The molecular weight excluding hydrogens is 400 g/mol. The highest BCUT2D eigenvalue weighted by Gasteiger charge is 2.62. The zero-order valence-electron chi connectivity index (χ0n) is 21.0. The van der Waals surface area contributed by atoms with E-state index in [4.69, 9.17) is 4.74 Å². The topological polar surface area (TPSA) is 66.8 Å². The SMILES string of the molecule is CCCCOC(=O)CC[C@@H](C)C1CCC2C3C(CC[C@@]21C)[C@@]1(C)CC[C@@H](O)C[C@H]1C[C@@H]3O. The van der Waals surface area contributed by atoms with Gasteiger partial charge in [-0.05, 0) is 111 Å². The molecule has 0 spiro atoms. The van der Waals surface area contributed by atoms with Crippen LogP contribution in [0.5, 0.6) is 0 Å². The molecule has 4 aliphatic rings. The minimum atomic E-state index is -0.212. The molecule has 0 aromatic rings. The average molecular weight is 449 g/mol. The summed E-state index contributed by atoms with van der Waals surface area (Å²) < 4.78 is 5.39. The van der Waals surface area contributed by atoms with Gasteiger partial charge in [-0.25, -0.2) is 0 Å². The maximum absolute atomic E-state index is 12.1. The van der Waals surface area contributed by atoms with Crippen LogP contribution in [0.15, 0.2) is 0 Å². The first-order valence-electron chi connectivity index (χ1n) is 13.7. The van der Waals surface area contributed by atoms with Crippen molar-refractivity contribution < 1.29 is 19.7 Å². The van der Waals surface area contributed by atoms with Gasteiger partial charge in [-0.3, -0.25) is 4.79 Å². The number of hydrogen-bond donors (Lipinski definition) is 2. The first-order chi connectivity index (χ1) is 15.2. The monoisotopic (exact) mass is 448 g/mol. The Morgan fingerprint density at radius 3 is 2.50 bits per heavy atom. The number of ether oxygens (including phenoxy) is 1. The lowest BCUT2D eigenvalue weighted by atomic mass is 9.43. The van der Waals surface area contributed by atoms with Gasteiger partial charge < -0.3 is 14.9 Å². The van der Waals surface area contributed by atoms with Gasteiger partial charge in [-0.2, -0.15) is 0 Å².